The summed E-state index contributed by atoms with van der Waals surface area (Å²) in [4.78, 5) is 14.3. The van der Waals surface area contributed by atoms with Gasteiger partial charge in [-0.25, -0.2) is 0 Å². The first kappa shape index (κ1) is 14.1. The lowest BCUT2D eigenvalue weighted by Gasteiger charge is -2.25. The van der Waals surface area contributed by atoms with Crippen molar-refractivity contribution in [3.05, 3.63) is 17.0 Å². The molecule has 5 heteroatoms. The van der Waals surface area contributed by atoms with Gasteiger partial charge in [0.2, 0.25) is 5.91 Å². The number of aromatic nitrogens is 1. The SMILES string of the molecule is Cc1noc(C)c1C(C)N1CCC(NC(C)C)C1=O. The Morgan fingerprint density at radius 2 is 2.05 bits per heavy atom. The maximum absolute atomic E-state index is 12.4. The molecule has 19 heavy (non-hydrogen) atoms. The fourth-order valence-electron chi connectivity index (χ4n) is 2.89. The largest absolute Gasteiger partial charge is 0.361 e. The number of hydrogen-bond donors (Lipinski definition) is 1. The molecule has 1 aliphatic rings. The second-order valence-corrected chi connectivity index (χ2v) is 5.61. The highest BCUT2D eigenvalue weighted by Crippen LogP contribution is 2.30. The third kappa shape index (κ3) is 2.66. The first-order valence-electron chi connectivity index (χ1n) is 6.91. The van der Waals surface area contributed by atoms with Gasteiger partial charge in [0, 0.05) is 18.2 Å². The quantitative estimate of drug-likeness (QED) is 0.904. The Bertz CT molecular complexity index is 448. The highest BCUT2D eigenvalue weighted by Gasteiger charge is 2.36. The number of rotatable bonds is 4. The minimum Gasteiger partial charge on any atom is -0.361 e. The van der Waals surface area contributed by atoms with Gasteiger partial charge in [0.1, 0.15) is 5.76 Å². The van der Waals surface area contributed by atoms with E-state index in [0.717, 1.165) is 30.0 Å². The Kier molecular flexibility index (Phi) is 3.94. The summed E-state index contributed by atoms with van der Waals surface area (Å²) < 4.78 is 5.20. The van der Waals surface area contributed by atoms with Gasteiger partial charge >= 0.3 is 0 Å². The van der Waals surface area contributed by atoms with Gasteiger partial charge in [-0.15, -0.1) is 0 Å². The number of nitrogens with one attached hydrogen (secondary N) is 1. The number of hydrogen-bond acceptors (Lipinski definition) is 4. The van der Waals surface area contributed by atoms with Crippen LogP contribution in [-0.4, -0.2) is 34.6 Å². The minimum absolute atomic E-state index is 0.0257. The molecular weight excluding hydrogens is 242 g/mol. The van der Waals surface area contributed by atoms with Gasteiger partial charge in [-0.3, -0.25) is 4.79 Å². The van der Waals surface area contributed by atoms with Gasteiger partial charge in [-0.1, -0.05) is 19.0 Å². The molecular formula is C14H23N3O2. The lowest BCUT2D eigenvalue weighted by atomic mass is 10.1. The molecule has 1 aromatic rings. The lowest BCUT2D eigenvalue weighted by molar-refractivity contribution is -0.131. The van der Waals surface area contributed by atoms with Crippen molar-refractivity contribution in [3.8, 4) is 0 Å². The normalized spacial score (nSPS) is 21.5. The zero-order valence-corrected chi connectivity index (χ0v) is 12.4. The Morgan fingerprint density at radius 3 is 2.58 bits per heavy atom. The summed E-state index contributed by atoms with van der Waals surface area (Å²) in [5, 5.41) is 7.29. The van der Waals surface area contributed by atoms with Crippen LogP contribution in [0.4, 0.5) is 0 Å². The molecule has 0 aliphatic carbocycles. The van der Waals surface area contributed by atoms with E-state index in [9.17, 15) is 4.79 Å². The third-order valence-electron chi connectivity index (χ3n) is 3.75. The van der Waals surface area contributed by atoms with Gasteiger partial charge in [0.25, 0.3) is 0 Å². The van der Waals surface area contributed by atoms with Crippen LogP contribution < -0.4 is 5.32 Å². The predicted octanol–water partition coefficient (Wildman–Crippen LogP) is 1.95. The lowest BCUT2D eigenvalue weighted by Crippen LogP contribution is -2.42. The van der Waals surface area contributed by atoms with E-state index >= 15 is 0 Å². The topological polar surface area (TPSA) is 58.4 Å². The maximum atomic E-state index is 12.4. The number of nitrogens with zero attached hydrogens (tertiary/aromatic N) is 2. The van der Waals surface area contributed by atoms with Crippen molar-refractivity contribution >= 4 is 5.91 Å². The van der Waals surface area contributed by atoms with Gasteiger partial charge in [-0.05, 0) is 27.2 Å². The second-order valence-electron chi connectivity index (χ2n) is 5.61. The number of likely N-dealkylation sites (tertiary alicyclic amines) is 1. The number of amides is 1. The van der Waals surface area contributed by atoms with Crippen LogP contribution in [0.1, 0.15) is 50.3 Å². The average Bonchev–Trinajstić information content (AvgIpc) is 2.83. The zero-order valence-electron chi connectivity index (χ0n) is 12.4. The monoisotopic (exact) mass is 265 g/mol. The first-order chi connectivity index (χ1) is 8.91. The predicted molar refractivity (Wildman–Crippen MR) is 72.8 cm³/mol. The molecule has 106 valence electrons. The Labute approximate surface area is 114 Å². The molecule has 1 saturated heterocycles. The van der Waals surface area contributed by atoms with E-state index in [1.54, 1.807) is 0 Å². The van der Waals surface area contributed by atoms with Gasteiger partial charge < -0.3 is 14.7 Å². The van der Waals surface area contributed by atoms with Crippen molar-refractivity contribution in [2.75, 3.05) is 6.54 Å². The number of carbonyl (C=O) groups excluding carboxylic acids is 1. The highest BCUT2D eigenvalue weighted by atomic mass is 16.5. The molecule has 1 fully saturated rings. The van der Waals surface area contributed by atoms with Crippen molar-refractivity contribution < 1.29 is 9.32 Å². The summed E-state index contributed by atoms with van der Waals surface area (Å²) in [5.74, 6) is 0.985. The smallest absolute Gasteiger partial charge is 0.240 e. The van der Waals surface area contributed by atoms with E-state index in [2.05, 4.69) is 24.3 Å². The Hall–Kier alpha value is -1.36. The maximum Gasteiger partial charge on any atom is 0.240 e. The van der Waals surface area contributed by atoms with E-state index in [1.807, 2.05) is 25.7 Å². The second kappa shape index (κ2) is 5.33. The summed E-state index contributed by atoms with van der Waals surface area (Å²) in [5.41, 5.74) is 1.91. The molecule has 2 unspecified atom stereocenters. The molecule has 2 heterocycles. The van der Waals surface area contributed by atoms with E-state index in [-0.39, 0.29) is 18.0 Å². The van der Waals surface area contributed by atoms with E-state index in [0.29, 0.717) is 6.04 Å². The summed E-state index contributed by atoms with van der Waals surface area (Å²) in [6, 6.07) is 0.295. The zero-order chi connectivity index (χ0) is 14.2. The van der Waals surface area contributed by atoms with Gasteiger partial charge in [0.05, 0.1) is 17.8 Å². The van der Waals surface area contributed by atoms with Crippen LogP contribution in [0.3, 0.4) is 0 Å². The van der Waals surface area contributed by atoms with Crippen molar-refractivity contribution in [2.45, 2.75) is 59.2 Å². The van der Waals surface area contributed by atoms with Crippen molar-refractivity contribution in [3.63, 3.8) is 0 Å². The summed E-state index contributed by atoms with van der Waals surface area (Å²) in [6.45, 7) is 10.8. The molecule has 1 amide bonds. The van der Waals surface area contributed by atoms with Crippen LogP contribution in [0.15, 0.2) is 4.52 Å². The highest BCUT2D eigenvalue weighted by molar-refractivity contribution is 5.84. The van der Waals surface area contributed by atoms with Crippen LogP contribution >= 0.6 is 0 Å². The molecule has 1 aliphatic heterocycles. The van der Waals surface area contributed by atoms with Crippen LogP contribution in [0.25, 0.3) is 0 Å². The molecule has 0 saturated carbocycles. The van der Waals surface area contributed by atoms with Crippen molar-refractivity contribution in [1.82, 2.24) is 15.4 Å². The van der Waals surface area contributed by atoms with E-state index < -0.39 is 0 Å². The van der Waals surface area contributed by atoms with Crippen molar-refractivity contribution in [1.29, 1.82) is 0 Å². The molecule has 1 aromatic heterocycles. The molecule has 2 atom stereocenters. The van der Waals surface area contributed by atoms with Gasteiger partial charge in [0.15, 0.2) is 0 Å². The molecule has 2 rings (SSSR count). The van der Waals surface area contributed by atoms with Crippen LogP contribution in [-0.2, 0) is 4.79 Å². The number of carbonyl (C=O) groups is 1. The summed E-state index contributed by atoms with van der Waals surface area (Å²) in [7, 11) is 0. The summed E-state index contributed by atoms with van der Waals surface area (Å²) >= 11 is 0. The molecule has 0 spiro atoms. The molecule has 0 radical (unpaired) electrons. The van der Waals surface area contributed by atoms with Crippen LogP contribution in [0.2, 0.25) is 0 Å². The molecule has 0 bridgehead atoms. The molecule has 0 aromatic carbocycles. The van der Waals surface area contributed by atoms with Crippen LogP contribution in [0, 0.1) is 13.8 Å². The molecule has 5 nitrogen and oxygen atoms in total. The van der Waals surface area contributed by atoms with E-state index in [1.165, 1.54) is 0 Å². The average molecular weight is 265 g/mol. The van der Waals surface area contributed by atoms with Gasteiger partial charge in [-0.2, -0.15) is 0 Å². The van der Waals surface area contributed by atoms with Crippen LogP contribution in [0.5, 0.6) is 0 Å². The van der Waals surface area contributed by atoms with E-state index in [4.69, 9.17) is 4.52 Å². The third-order valence-corrected chi connectivity index (χ3v) is 3.75. The Morgan fingerprint density at radius 1 is 1.37 bits per heavy atom. The first-order valence-corrected chi connectivity index (χ1v) is 6.91. The van der Waals surface area contributed by atoms with Crippen molar-refractivity contribution in [2.24, 2.45) is 0 Å². The fraction of sp³-hybridized carbons (Fsp3) is 0.714. The number of aryl methyl sites for hydroxylation is 2. The fourth-order valence-corrected chi connectivity index (χ4v) is 2.89. The summed E-state index contributed by atoms with van der Waals surface area (Å²) in [6.07, 6.45) is 0.866. The Balaban J connectivity index is 2.13. The standard InChI is InChI=1S/C14H23N3O2/c1-8(2)15-12-6-7-17(14(12)18)10(4)13-9(3)16-19-11(13)5/h8,10,12,15H,6-7H2,1-5H3. The molecule has 1 N–H and O–H groups in total. The minimum atomic E-state index is -0.0528.